The minimum absolute atomic E-state index is 0.0139. The first-order valence-electron chi connectivity index (χ1n) is 7.11. The first-order chi connectivity index (χ1) is 9.47. The van der Waals surface area contributed by atoms with Gasteiger partial charge in [-0.1, -0.05) is 23.8 Å². The first kappa shape index (κ1) is 14.6. The fourth-order valence-corrected chi connectivity index (χ4v) is 2.59. The van der Waals surface area contributed by atoms with E-state index in [9.17, 15) is 9.59 Å². The lowest BCUT2D eigenvalue weighted by atomic mass is 9.96. The highest BCUT2D eigenvalue weighted by molar-refractivity contribution is 5.83. The van der Waals surface area contributed by atoms with Gasteiger partial charge < -0.3 is 10.6 Å². The quantitative estimate of drug-likeness (QED) is 0.885. The monoisotopic (exact) mass is 274 g/mol. The highest BCUT2D eigenvalue weighted by Crippen LogP contribution is 2.20. The molecule has 0 saturated carbocycles. The zero-order valence-corrected chi connectivity index (χ0v) is 12.3. The molecule has 20 heavy (non-hydrogen) atoms. The highest BCUT2D eigenvalue weighted by Gasteiger charge is 2.25. The summed E-state index contributed by atoms with van der Waals surface area (Å²) in [6, 6.07) is 6.25. The van der Waals surface area contributed by atoms with Gasteiger partial charge >= 0.3 is 0 Å². The topological polar surface area (TPSA) is 58.2 Å². The first-order valence-corrected chi connectivity index (χ1v) is 7.11. The van der Waals surface area contributed by atoms with Crippen molar-refractivity contribution in [1.29, 1.82) is 0 Å². The maximum absolute atomic E-state index is 12.2. The van der Waals surface area contributed by atoms with Crippen molar-refractivity contribution in [2.24, 2.45) is 5.92 Å². The molecule has 1 saturated heterocycles. The summed E-state index contributed by atoms with van der Waals surface area (Å²) in [5.74, 6) is -0.0460. The highest BCUT2D eigenvalue weighted by atomic mass is 16.2. The summed E-state index contributed by atoms with van der Waals surface area (Å²) in [5, 5.41) is 5.81. The fourth-order valence-electron chi connectivity index (χ4n) is 2.59. The third-order valence-corrected chi connectivity index (χ3v) is 3.90. The van der Waals surface area contributed by atoms with Crippen LogP contribution < -0.4 is 10.6 Å². The van der Waals surface area contributed by atoms with E-state index in [0.29, 0.717) is 19.4 Å². The van der Waals surface area contributed by atoms with E-state index in [-0.39, 0.29) is 23.8 Å². The molecule has 2 atom stereocenters. The van der Waals surface area contributed by atoms with E-state index in [4.69, 9.17) is 0 Å². The standard InChI is InChI=1S/C16H22N2O2/c1-10-4-5-11(2)14(8-10)12(3)18-16(20)13-6-7-15(19)17-9-13/h4-5,8,12-13H,6-7,9H2,1-3H3,(H,17,19)(H,18,20). The van der Waals surface area contributed by atoms with Crippen LogP contribution in [0.3, 0.4) is 0 Å². The van der Waals surface area contributed by atoms with Gasteiger partial charge in [-0.25, -0.2) is 0 Å². The van der Waals surface area contributed by atoms with Gasteiger partial charge in [-0.05, 0) is 38.3 Å². The van der Waals surface area contributed by atoms with Crippen LogP contribution in [0.15, 0.2) is 18.2 Å². The number of carbonyl (C=O) groups is 2. The Balaban J connectivity index is 2.00. The van der Waals surface area contributed by atoms with Gasteiger partial charge in [-0.3, -0.25) is 9.59 Å². The van der Waals surface area contributed by atoms with Gasteiger partial charge in [-0.15, -0.1) is 0 Å². The van der Waals surface area contributed by atoms with E-state index in [2.05, 4.69) is 35.8 Å². The average molecular weight is 274 g/mol. The Morgan fingerprint density at radius 3 is 2.80 bits per heavy atom. The molecule has 0 bridgehead atoms. The van der Waals surface area contributed by atoms with Gasteiger partial charge in [0.25, 0.3) is 0 Å². The predicted octanol–water partition coefficient (Wildman–Crippen LogP) is 2.01. The normalized spacial score (nSPS) is 20.1. The number of amides is 2. The molecule has 0 aromatic heterocycles. The van der Waals surface area contributed by atoms with E-state index >= 15 is 0 Å². The maximum Gasteiger partial charge on any atom is 0.225 e. The number of nitrogens with one attached hydrogen (secondary N) is 2. The van der Waals surface area contributed by atoms with E-state index < -0.39 is 0 Å². The molecule has 4 heteroatoms. The van der Waals surface area contributed by atoms with Crippen molar-refractivity contribution < 1.29 is 9.59 Å². The van der Waals surface area contributed by atoms with Gasteiger partial charge in [0.05, 0.1) is 12.0 Å². The van der Waals surface area contributed by atoms with Crippen LogP contribution in [0, 0.1) is 19.8 Å². The molecule has 1 heterocycles. The molecule has 108 valence electrons. The third kappa shape index (κ3) is 3.38. The SMILES string of the molecule is Cc1ccc(C)c(C(C)NC(=O)C2CCC(=O)NC2)c1. The Bertz CT molecular complexity index is 515. The Morgan fingerprint density at radius 1 is 1.40 bits per heavy atom. The van der Waals surface area contributed by atoms with Crippen LogP contribution in [-0.2, 0) is 9.59 Å². The van der Waals surface area contributed by atoms with Crippen LogP contribution in [0.5, 0.6) is 0 Å². The summed E-state index contributed by atoms with van der Waals surface area (Å²) in [6.07, 6.45) is 1.08. The summed E-state index contributed by atoms with van der Waals surface area (Å²) in [6.45, 7) is 6.55. The third-order valence-electron chi connectivity index (χ3n) is 3.90. The zero-order valence-electron chi connectivity index (χ0n) is 12.3. The summed E-state index contributed by atoms with van der Waals surface area (Å²) in [7, 11) is 0. The van der Waals surface area contributed by atoms with Crippen molar-refractivity contribution in [2.75, 3.05) is 6.54 Å². The van der Waals surface area contributed by atoms with Crippen molar-refractivity contribution in [1.82, 2.24) is 10.6 Å². The van der Waals surface area contributed by atoms with Crippen LogP contribution in [0.2, 0.25) is 0 Å². The second-order valence-corrected chi connectivity index (χ2v) is 5.63. The predicted molar refractivity (Wildman–Crippen MR) is 78.2 cm³/mol. The number of hydrogen-bond donors (Lipinski definition) is 2. The van der Waals surface area contributed by atoms with Crippen molar-refractivity contribution >= 4 is 11.8 Å². The van der Waals surface area contributed by atoms with Crippen LogP contribution in [-0.4, -0.2) is 18.4 Å². The number of aryl methyl sites for hydroxylation is 2. The van der Waals surface area contributed by atoms with E-state index in [0.717, 1.165) is 5.56 Å². The molecule has 0 spiro atoms. The maximum atomic E-state index is 12.2. The van der Waals surface area contributed by atoms with Gasteiger partial charge in [0.1, 0.15) is 0 Å². The number of rotatable bonds is 3. The minimum Gasteiger partial charge on any atom is -0.355 e. The molecule has 1 aromatic carbocycles. The molecule has 0 radical (unpaired) electrons. The van der Waals surface area contributed by atoms with Gasteiger partial charge in [0.15, 0.2) is 0 Å². The van der Waals surface area contributed by atoms with Crippen LogP contribution in [0.1, 0.15) is 42.5 Å². The van der Waals surface area contributed by atoms with Gasteiger partial charge in [0, 0.05) is 13.0 Å². The fraction of sp³-hybridized carbons (Fsp3) is 0.500. The summed E-state index contributed by atoms with van der Waals surface area (Å²) in [5.41, 5.74) is 3.52. The Morgan fingerprint density at radius 2 is 2.15 bits per heavy atom. The molecule has 2 N–H and O–H groups in total. The zero-order chi connectivity index (χ0) is 14.7. The van der Waals surface area contributed by atoms with E-state index in [1.807, 2.05) is 13.8 Å². The molecule has 0 aliphatic carbocycles. The molecular formula is C16H22N2O2. The van der Waals surface area contributed by atoms with E-state index in [1.165, 1.54) is 11.1 Å². The second kappa shape index (κ2) is 6.07. The summed E-state index contributed by atoms with van der Waals surface area (Å²) >= 11 is 0. The summed E-state index contributed by atoms with van der Waals surface area (Å²) in [4.78, 5) is 23.3. The second-order valence-electron chi connectivity index (χ2n) is 5.63. The van der Waals surface area contributed by atoms with Gasteiger partial charge in [0.2, 0.25) is 11.8 Å². The Labute approximate surface area is 119 Å². The minimum atomic E-state index is -0.111. The van der Waals surface area contributed by atoms with Crippen molar-refractivity contribution in [3.05, 3.63) is 34.9 Å². The molecule has 1 aliphatic heterocycles. The Hall–Kier alpha value is -1.84. The molecule has 1 aliphatic rings. The lowest BCUT2D eigenvalue weighted by Gasteiger charge is -2.24. The van der Waals surface area contributed by atoms with Crippen LogP contribution in [0.25, 0.3) is 0 Å². The molecule has 1 aromatic rings. The largest absolute Gasteiger partial charge is 0.355 e. The average Bonchev–Trinajstić information content (AvgIpc) is 2.42. The van der Waals surface area contributed by atoms with Crippen molar-refractivity contribution in [2.45, 2.75) is 39.7 Å². The van der Waals surface area contributed by atoms with Crippen LogP contribution in [0.4, 0.5) is 0 Å². The number of hydrogen-bond acceptors (Lipinski definition) is 2. The van der Waals surface area contributed by atoms with Crippen molar-refractivity contribution in [3.8, 4) is 0 Å². The number of benzene rings is 1. The number of carbonyl (C=O) groups excluding carboxylic acids is 2. The molecule has 2 amide bonds. The lowest BCUT2D eigenvalue weighted by molar-refractivity contribution is -0.129. The number of piperidine rings is 1. The molecule has 2 rings (SSSR count). The van der Waals surface area contributed by atoms with Gasteiger partial charge in [-0.2, -0.15) is 0 Å². The molecule has 1 fully saturated rings. The molecule has 2 unspecified atom stereocenters. The Kier molecular flexibility index (Phi) is 4.42. The smallest absolute Gasteiger partial charge is 0.225 e. The van der Waals surface area contributed by atoms with Crippen molar-refractivity contribution in [3.63, 3.8) is 0 Å². The lowest BCUT2D eigenvalue weighted by Crippen LogP contribution is -2.43. The molecular weight excluding hydrogens is 252 g/mol. The van der Waals surface area contributed by atoms with E-state index in [1.54, 1.807) is 0 Å². The van der Waals surface area contributed by atoms with Crippen LogP contribution >= 0.6 is 0 Å². The summed E-state index contributed by atoms with van der Waals surface area (Å²) < 4.78 is 0. The molecule has 4 nitrogen and oxygen atoms in total.